The molecule has 0 bridgehead atoms. The zero-order valence-electron chi connectivity index (χ0n) is 8.30. The molecule has 1 N–H and O–H groups in total. The molecule has 2 rings (SSSR count). The summed E-state index contributed by atoms with van der Waals surface area (Å²) in [5.74, 6) is -0.552. The fourth-order valence-corrected chi connectivity index (χ4v) is 2.04. The summed E-state index contributed by atoms with van der Waals surface area (Å²) in [7, 11) is 0. The molecule has 3 nitrogen and oxygen atoms in total. The molecule has 2 aromatic heterocycles. The Kier molecular flexibility index (Phi) is 3.38. The van der Waals surface area contributed by atoms with Gasteiger partial charge >= 0.3 is 0 Å². The summed E-state index contributed by atoms with van der Waals surface area (Å²) < 4.78 is 12.8. The Morgan fingerprint density at radius 3 is 3.06 bits per heavy atom. The predicted molar refractivity (Wildman–Crippen MR) is 61.5 cm³/mol. The molecule has 0 radical (unpaired) electrons. The number of aliphatic hydroxyl groups excluding tert-OH is 1. The second-order valence-corrected chi connectivity index (χ2v) is 4.00. The Morgan fingerprint density at radius 2 is 2.38 bits per heavy atom. The van der Waals surface area contributed by atoms with Crippen LogP contribution in [0.1, 0.15) is 5.56 Å². The third kappa shape index (κ3) is 2.50. The highest BCUT2D eigenvalue weighted by molar-refractivity contribution is 7.13. The molecular formula is C11H9FN2OS. The van der Waals surface area contributed by atoms with Crippen molar-refractivity contribution in [3.05, 3.63) is 41.4 Å². The molecule has 0 aliphatic rings. The standard InChI is InChI=1S/C11H9FN2OS/c12-9(6-15)3-8-4-11(16-7-8)10-5-13-1-2-14-10/h1-5,7,15H,6H2/b9-3+. The van der Waals surface area contributed by atoms with Gasteiger partial charge in [0.15, 0.2) is 0 Å². The molecule has 0 aliphatic carbocycles. The van der Waals surface area contributed by atoms with E-state index in [0.29, 0.717) is 0 Å². The first-order valence-electron chi connectivity index (χ1n) is 4.61. The molecule has 0 atom stereocenters. The van der Waals surface area contributed by atoms with Crippen molar-refractivity contribution in [1.82, 2.24) is 9.97 Å². The molecule has 0 amide bonds. The lowest BCUT2D eigenvalue weighted by Crippen LogP contribution is -1.81. The lowest BCUT2D eigenvalue weighted by Gasteiger charge is -1.92. The van der Waals surface area contributed by atoms with E-state index in [1.54, 1.807) is 24.0 Å². The van der Waals surface area contributed by atoms with Crippen molar-refractivity contribution in [2.24, 2.45) is 0 Å². The minimum absolute atomic E-state index is 0.552. The molecule has 0 fully saturated rings. The Balaban J connectivity index is 2.27. The molecule has 82 valence electrons. The van der Waals surface area contributed by atoms with Gasteiger partial charge in [0, 0.05) is 12.4 Å². The SMILES string of the molecule is OC/C(F)=C\c1csc(-c2cnccn2)c1. The Labute approximate surface area is 95.9 Å². The Morgan fingerprint density at radius 1 is 1.50 bits per heavy atom. The molecule has 2 heterocycles. The summed E-state index contributed by atoms with van der Waals surface area (Å²) in [6.07, 6.45) is 6.17. The average molecular weight is 236 g/mol. The van der Waals surface area contributed by atoms with Crippen molar-refractivity contribution in [2.75, 3.05) is 6.61 Å². The first-order valence-corrected chi connectivity index (χ1v) is 5.49. The van der Waals surface area contributed by atoms with E-state index in [-0.39, 0.29) is 0 Å². The van der Waals surface area contributed by atoms with Gasteiger partial charge in [-0.15, -0.1) is 11.3 Å². The summed E-state index contributed by atoms with van der Waals surface area (Å²) in [6, 6.07) is 1.81. The van der Waals surface area contributed by atoms with E-state index in [2.05, 4.69) is 9.97 Å². The van der Waals surface area contributed by atoms with Crippen LogP contribution in [0.2, 0.25) is 0 Å². The van der Waals surface area contributed by atoms with E-state index >= 15 is 0 Å². The van der Waals surface area contributed by atoms with E-state index in [1.165, 1.54) is 17.4 Å². The van der Waals surface area contributed by atoms with Crippen molar-refractivity contribution < 1.29 is 9.50 Å². The number of thiophene rings is 1. The van der Waals surface area contributed by atoms with Crippen LogP contribution >= 0.6 is 11.3 Å². The molecule has 0 unspecified atom stereocenters. The van der Waals surface area contributed by atoms with Crippen molar-refractivity contribution in [3.8, 4) is 10.6 Å². The number of hydrogen-bond donors (Lipinski definition) is 1. The number of aliphatic hydroxyl groups is 1. The van der Waals surface area contributed by atoms with E-state index in [0.717, 1.165) is 16.1 Å². The second kappa shape index (κ2) is 4.96. The zero-order valence-corrected chi connectivity index (χ0v) is 9.12. The lowest BCUT2D eigenvalue weighted by atomic mass is 10.2. The second-order valence-electron chi connectivity index (χ2n) is 3.08. The number of aromatic nitrogens is 2. The van der Waals surface area contributed by atoms with Crippen LogP contribution in [0.5, 0.6) is 0 Å². The molecule has 0 saturated carbocycles. The number of hydrogen-bond acceptors (Lipinski definition) is 4. The fraction of sp³-hybridized carbons (Fsp3) is 0.0909. The zero-order chi connectivity index (χ0) is 11.4. The highest BCUT2D eigenvalue weighted by Crippen LogP contribution is 2.26. The van der Waals surface area contributed by atoms with Crippen molar-refractivity contribution >= 4 is 17.4 Å². The van der Waals surface area contributed by atoms with E-state index < -0.39 is 12.4 Å². The summed E-state index contributed by atoms with van der Waals surface area (Å²) >= 11 is 1.46. The van der Waals surface area contributed by atoms with Gasteiger partial charge in [0.2, 0.25) is 0 Å². The van der Waals surface area contributed by atoms with Crippen LogP contribution in [-0.4, -0.2) is 21.7 Å². The van der Waals surface area contributed by atoms with Gasteiger partial charge in [-0.25, -0.2) is 4.39 Å². The average Bonchev–Trinajstić information content (AvgIpc) is 2.78. The molecule has 5 heteroatoms. The highest BCUT2D eigenvalue weighted by atomic mass is 32.1. The van der Waals surface area contributed by atoms with Crippen LogP contribution in [0.15, 0.2) is 35.9 Å². The largest absolute Gasteiger partial charge is 0.389 e. The van der Waals surface area contributed by atoms with E-state index in [4.69, 9.17) is 5.11 Å². The fourth-order valence-electron chi connectivity index (χ4n) is 1.21. The van der Waals surface area contributed by atoms with Crippen LogP contribution in [-0.2, 0) is 0 Å². The van der Waals surface area contributed by atoms with Crippen molar-refractivity contribution in [2.45, 2.75) is 0 Å². The van der Waals surface area contributed by atoms with Crippen LogP contribution < -0.4 is 0 Å². The maximum absolute atomic E-state index is 12.8. The molecule has 2 aromatic rings. The van der Waals surface area contributed by atoms with E-state index in [9.17, 15) is 4.39 Å². The summed E-state index contributed by atoms with van der Waals surface area (Å²) in [4.78, 5) is 9.03. The number of halogens is 1. The summed E-state index contributed by atoms with van der Waals surface area (Å²) in [5.41, 5.74) is 1.48. The third-order valence-corrected chi connectivity index (χ3v) is 2.88. The summed E-state index contributed by atoms with van der Waals surface area (Å²) in [5, 5.41) is 10.4. The van der Waals surface area contributed by atoms with E-state index in [1.807, 2.05) is 6.07 Å². The normalized spacial score (nSPS) is 11.8. The van der Waals surface area contributed by atoms with Crippen LogP contribution in [0.3, 0.4) is 0 Å². The molecule has 0 saturated heterocycles. The van der Waals surface area contributed by atoms with Gasteiger partial charge in [-0.3, -0.25) is 9.97 Å². The first-order chi connectivity index (χ1) is 7.79. The lowest BCUT2D eigenvalue weighted by molar-refractivity contribution is 0.300. The maximum Gasteiger partial charge on any atom is 0.126 e. The molecule has 16 heavy (non-hydrogen) atoms. The molecule has 0 aliphatic heterocycles. The molecular weight excluding hydrogens is 227 g/mol. The minimum atomic E-state index is -0.573. The summed E-state index contributed by atoms with van der Waals surface area (Å²) in [6.45, 7) is -0.573. The van der Waals surface area contributed by atoms with Gasteiger partial charge in [0.1, 0.15) is 5.83 Å². The number of rotatable bonds is 3. The van der Waals surface area contributed by atoms with Crippen molar-refractivity contribution in [1.29, 1.82) is 0 Å². The monoisotopic (exact) mass is 236 g/mol. The predicted octanol–water partition coefficient (Wildman–Crippen LogP) is 2.51. The smallest absolute Gasteiger partial charge is 0.126 e. The first kappa shape index (κ1) is 10.9. The Bertz CT molecular complexity index is 496. The Hall–Kier alpha value is -1.59. The van der Waals surface area contributed by atoms with Crippen molar-refractivity contribution in [3.63, 3.8) is 0 Å². The van der Waals surface area contributed by atoms with Gasteiger partial charge in [0.25, 0.3) is 0 Å². The van der Waals surface area contributed by atoms with Gasteiger partial charge in [-0.2, -0.15) is 0 Å². The quantitative estimate of drug-likeness (QED) is 0.890. The van der Waals surface area contributed by atoms with Crippen LogP contribution in [0.25, 0.3) is 16.6 Å². The molecule has 0 aromatic carbocycles. The van der Waals surface area contributed by atoms with Crippen LogP contribution in [0, 0.1) is 0 Å². The maximum atomic E-state index is 12.8. The van der Waals surface area contributed by atoms with Crippen LogP contribution in [0.4, 0.5) is 4.39 Å². The molecule has 0 spiro atoms. The van der Waals surface area contributed by atoms with Gasteiger partial charge in [0.05, 0.1) is 23.4 Å². The van der Waals surface area contributed by atoms with Gasteiger partial charge in [-0.05, 0) is 23.1 Å². The highest BCUT2D eigenvalue weighted by Gasteiger charge is 2.03. The number of nitrogens with zero attached hydrogens (tertiary/aromatic N) is 2. The minimum Gasteiger partial charge on any atom is -0.389 e. The van der Waals surface area contributed by atoms with Gasteiger partial charge in [-0.1, -0.05) is 0 Å². The topological polar surface area (TPSA) is 46.0 Å². The van der Waals surface area contributed by atoms with Gasteiger partial charge < -0.3 is 5.11 Å². The third-order valence-electron chi connectivity index (χ3n) is 1.91.